The quantitative estimate of drug-likeness (QED) is 0.603. The second-order valence-electron chi connectivity index (χ2n) is 6.43. The Bertz CT molecular complexity index is 740. The average molecular weight is 371 g/mol. The fourth-order valence-corrected chi connectivity index (χ4v) is 3.06. The number of nitrogens with one attached hydrogen (secondary N) is 1. The minimum Gasteiger partial charge on any atom is -0.497 e. The third-order valence-electron chi connectivity index (χ3n) is 4.62. The lowest BCUT2D eigenvalue weighted by Crippen LogP contribution is -2.47. The zero-order valence-electron chi connectivity index (χ0n) is 15.6. The van der Waals surface area contributed by atoms with E-state index in [1.807, 2.05) is 36.4 Å². The molecule has 0 aromatic heterocycles. The minimum absolute atomic E-state index is 0.198. The molecule has 1 aliphatic rings. The molecule has 0 bridgehead atoms. The number of anilines is 2. The van der Waals surface area contributed by atoms with Gasteiger partial charge in [0.2, 0.25) is 0 Å². The van der Waals surface area contributed by atoms with E-state index in [1.54, 1.807) is 7.11 Å². The van der Waals surface area contributed by atoms with Crippen LogP contribution in [0, 0.1) is 5.82 Å². The summed E-state index contributed by atoms with van der Waals surface area (Å²) in [5.41, 5.74) is 7.90. The van der Waals surface area contributed by atoms with Gasteiger partial charge in [0.25, 0.3) is 0 Å². The number of hydrogen-bond acceptors (Lipinski definition) is 4. The van der Waals surface area contributed by atoms with Gasteiger partial charge in [0.15, 0.2) is 5.96 Å². The Balaban J connectivity index is 1.40. The summed E-state index contributed by atoms with van der Waals surface area (Å²) in [6.45, 7) is 5.27. The summed E-state index contributed by atoms with van der Waals surface area (Å²) < 4.78 is 18.2. The van der Waals surface area contributed by atoms with Crippen molar-refractivity contribution in [2.75, 3.05) is 56.6 Å². The van der Waals surface area contributed by atoms with Crippen LogP contribution in [0.15, 0.2) is 53.5 Å². The molecule has 144 valence electrons. The van der Waals surface area contributed by atoms with Crippen LogP contribution in [0.3, 0.4) is 0 Å². The summed E-state index contributed by atoms with van der Waals surface area (Å²) in [4.78, 5) is 9.04. The molecule has 1 fully saturated rings. The minimum atomic E-state index is -0.198. The van der Waals surface area contributed by atoms with Gasteiger partial charge < -0.3 is 20.7 Å². The number of nitrogens with zero attached hydrogens (tertiary/aromatic N) is 3. The van der Waals surface area contributed by atoms with E-state index in [0.717, 1.165) is 49.8 Å². The van der Waals surface area contributed by atoms with Gasteiger partial charge in [-0.05, 0) is 48.5 Å². The highest BCUT2D eigenvalue weighted by atomic mass is 19.1. The molecule has 1 aliphatic heterocycles. The summed E-state index contributed by atoms with van der Waals surface area (Å²) >= 11 is 0. The molecule has 27 heavy (non-hydrogen) atoms. The molecule has 0 aliphatic carbocycles. The van der Waals surface area contributed by atoms with Crippen molar-refractivity contribution < 1.29 is 9.13 Å². The summed E-state index contributed by atoms with van der Waals surface area (Å²) in [5, 5.41) is 3.08. The topological polar surface area (TPSA) is 66.1 Å². The van der Waals surface area contributed by atoms with Crippen molar-refractivity contribution in [3.8, 4) is 5.75 Å². The van der Waals surface area contributed by atoms with Crippen molar-refractivity contribution in [3.05, 3.63) is 54.3 Å². The summed E-state index contributed by atoms with van der Waals surface area (Å²) in [6.07, 6.45) is 0. The molecule has 0 radical (unpaired) electrons. The van der Waals surface area contributed by atoms with Crippen molar-refractivity contribution in [2.45, 2.75) is 0 Å². The Morgan fingerprint density at radius 2 is 1.74 bits per heavy atom. The van der Waals surface area contributed by atoms with Crippen LogP contribution in [0.2, 0.25) is 0 Å². The number of aliphatic imine (C=N–C) groups is 1. The first-order chi connectivity index (χ1) is 13.1. The highest BCUT2D eigenvalue weighted by Gasteiger charge is 2.16. The highest BCUT2D eigenvalue weighted by molar-refractivity contribution is 5.92. The number of hydrogen-bond donors (Lipinski definition) is 2. The van der Waals surface area contributed by atoms with Gasteiger partial charge in [-0.1, -0.05) is 0 Å². The molecule has 0 spiro atoms. The number of guanidine groups is 1. The predicted molar refractivity (Wildman–Crippen MR) is 108 cm³/mol. The van der Waals surface area contributed by atoms with E-state index in [-0.39, 0.29) is 5.82 Å². The maximum atomic E-state index is 13.0. The SMILES string of the molecule is COc1ccc(NC(N)=NCCN2CCN(c3ccc(F)cc3)CC2)cc1. The van der Waals surface area contributed by atoms with Gasteiger partial charge in [-0.15, -0.1) is 0 Å². The number of nitrogens with two attached hydrogens (primary N) is 1. The molecular formula is C20H26FN5O. The third kappa shape index (κ3) is 5.59. The standard InChI is InChI=1S/C20H26FN5O/c1-27-19-8-4-17(5-9-19)24-20(22)23-10-11-25-12-14-26(15-13-25)18-6-2-16(21)3-7-18/h2-9H,10-15H2,1H3,(H3,22,23,24). The van der Waals surface area contributed by atoms with Crippen LogP contribution in [0.4, 0.5) is 15.8 Å². The first-order valence-corrected chi connectivity index (χ1v) is 9.08. The second-order valence-corrected chi connectivity index (χ2v) is 6.43. The van der Waals surface area contributed by atoms with Crippen LogP contribution in [-0.4, -0.2) is 57.2 Å². The number of methoxy groups -OCH3 is 1. The fourth-order valence-electron chi connectivity index (χ4n) is 3.06. The molecule has 0 unspecified atom stereocenters. The number of rotatable bonds is 6. The Morgan fingerprint density at radius 3 is 2.37 bits per heavy atom. The maximum absolute atomic E-state index is 13.0. The molecular weight excluding hydrogens is 345 g/mol. The largest absolute Gasteiger partial charge is 0.497 e. The van der Waals surface area contributed by atoms with Crippen LogP contribution in [0.25, 0.3) is 0 Å². The number of halogens is 1. The molecule has 7 heteroatoms. The Hall–Kier alpha value is -2.80. The molecule has 3 N–H and O–H groups in total. The van der Waals surface area contributed by atoms with E-state index in [9.17, 15) is 4.39 Å². The second kappa shape index (κ2) is 9.23. The van der Waals surface area contributed by atoms with E-state index in [0.29, 0.717) is 12.5 Å². The molecule has 0 amide bonds. The van der Waals surface area contributed by atoms with E-state index < -0.39 is 0 Å². The van der Waals surface area contributed by atoms with Gasteiger partial charge >= 0.3 is 0 Å². The van der Waals surface area contributed by atoms with Crippen LogP contribution >= 0.6 is 0 Å². The molecule has 1 heterocycles. The summed E-state index contributed by atoms with van der Waals surface area (Å²) in [7, 11) is 1.64. The van der Waals surface area contributed by atoms with Gasteiger partial charge in [-0.3, -0.25) is 9.89 Å². The van der Waals surface area contributed by atoms with Crippen molar-refractivity contribution in [1.29, 1.82) is 0 Å². The van der Waals surface area contributed by atoms with Crippen molar-refractivity contribution >= 4 is 17.3 Å². The van der Waals surface area contributed by atoms with Gasteiger partial charge in [-0.25, -0.2) is 4.39 Å². The van der Waals surface area contributed by atoms with Crippen LogP contribution in [0.5, 0.6) is 5.75 Å². The van der Waals surface area contributed by atoms with Gasteiger partial charge in [0.05, 0.1) is 13.7 Å². The first kappa shape index (κ1) is 19.0. The Labute approximate surface area is 159 Å². The first-order valence-electron chi connectivity index (χ1n) is 9.08. The number of piperazine rings is 1. The van der Waals surface area contributed by atoms with E-state index in [2.05, 4.69) is 20.1 Å². The smallest absolute Gasteiger partial charge is 0.193 e. The van der Waals surface area contributed by atoms with E-state index in [4.69, 9.17) is 10.5 Å². The molecule has 0 atom stereocenters. The molecule has 1 saturated heterocycles. The monoisotopic (exact) mass is 371 g/mol. The van der Waals surface area contributed by atoms with Crippen LogP contribution in [-0.2, 0) is 0 Å². The zero-order chi connectivity index (χ0) is 19.1. The lowest BCUT2D eigenvalue weighted by atomic mass is 10.2. The molecule has 2 aromatic carbocycles. The van der Waals surface area contributed by atoms with Crippen LogP contribution in [0.1, 0.15) is 0 Å². The lowest BCUT2D eigenvalue weighted by Gasteiger charge is -2.35. The van der Waals surface area contributed by atoms with Crippen molar-refractivity contribution in [3.63, 3.8) is 0 Å². The predicted octanol–water partition coefficient (Wildman–Crippen LogP) is 2.38. The van der Waals surface area contributed by atoms with E-state index in [1.165, 1.54) is 12.1 Å². The normalized spacial score (nSPS) is 15.6. The molecule has 2 aromatic rings. The zero-order valence-corrected chi connectivity index (χ0v) is 15.6. The Morgan fingerprint density at radius 1 is 1.07 bits per heavy atom. The van der Waals surface area contributed by atoms with Crippen molar-refractivity contribution in [1.82, 2.24) is 4.90 Å². The van der Waals surface area contributed by atoms with Gasteiger partial charge in [0.1, 0.15) is 11.6 Å². The average Bonchev–Trinajstić information content (AvgIpc) is 2.70. The van der Waals surface area contributed by atoms with Gasteiger partial charge in [0, 0.05) is 44.1 Å². The lowest BCUT2D eigenvalue weighted by molar-refractivity contribution is 0.265. The summed E-state index contributed by atoms with van der Waals surface area (Å²) in [6, 6.07) is 14.2. The third-order valence-corrected chi connectivity index (χ3v) is 4.62. The summed E-state index contributed by atoms with van der Waals surface area (Å²) in [5.74, 6) is 1.01. The highest BCUT2D eigenvalue weighted by Crippen LogP contribution is 2.17. The number of ether oxygens (including phenoxy) is 1. The van der Waals surface area contributed by atoms with Crippen LogP contribution < -0.4 is 20.7 Å². The number of benzene rings is 2. The Kier molecular flexibility index (Phi) is 6.49. The van der Waals surface area contributed by atoms with Gasteiger partial charge in [-0.2, -0.15) is 0 Å². The maximum Gasteiger partial charge on any atom is 0.193 e. The van der Waals surface area contributed by atoms with E-state index >= 15 is 0 Å². The molecule has 0 saturated carbocycles. The van der Waals surface area contributed by atoms with Crippen molar-refractivity contribution in [2.24, 2.45) is 10.7 Å². The fraction of sp³-hybridized carbons (Fsp3) is 0.350. The molecule has 3 rings (SSSR count). The molecule has 6 nitrogen and oxygen atoms in total.